The van der Waals surface area contributed by atoms with Crippen LogP contribution in [-0.2, 0) is 11.2 Å². The number of hydrogen-bond donors (Lipinski definition) is 0. The van der Waals surface area contributed by atoms with Crippen LogP contribution < -0.4 is 0 Å². The summed E-state index contributed by atoms with van der Waals surface area (Å²) in [7, 11) is 0. The van der Waals surface area contributed by atoms with E-state index in [9.17, 15) is 9.18 Å². The van der Waals surface area contributed by atoms with Gasteiger partial charge in [-0.1, -0.05) is 13.0 Å². The van der Waals surface area contributed by atoms with Crippen molar-refractivity contribution in [2.45, 2.75) is 26.7 Å². The molecule has 0 fully saturated rings. The Morgan fingerprint density at radius 2 is 2.15 bits per heavy atom. The summed E-state index contributed by atoms with van der Waals surface area (Å²) in [6, 6.07) is 4.55. The lowest BCUT2D eigenvalue weighted by atomic mass is 10.0. The smallest absolute Gasteiger partial charge is 0.137 e. The van der Waals surface area contributed by atoms with Gasteiger partial charge in [-0.3, -0.25) is 4.79 Å². The SMILES string of the molecule is CCC(=O)Cc1cc(F)ccc1C. The molecular formula is C11H13FO. The topological polar surface area (TPSA) is 17.1 Å². The Bertz CT molecular complexity index is 318. The van der Waals surface area contributed by atoms with Gasteiger partial charge >= 0.3 is 0 Å². The lowest BCUT2D eigenvalue weighted by Crippen LogP contribution is -2.02. The van der Waals surface area contributed by atoms with Crippen molar-refractivity contribution in [3.8, 4) is 0 Å². The zero-order chi connectivity index (χ0) is 9.84. The molecule has 0 bridgehead atoms. The summed E-state index contributed by atoms with van der Waals surface area (Å²) < 4.78 is 12.8. The Balaban J connectivity index is 2.87. The molecular weight excluding hydrogens is 167 g/mol. The molecule has 70 valence electrons. The lowest BCUT2D eigenvalue weighted by Gasteiger charge is -2.03. The second-order valence-electron chi connectivity index (χ2n) is 3.14. The highest BCUT2D eigenvalue weighted by atomic mass is 19.1. The van der Waals surface area contributed by atoms with Crippen LogP contribution >= 0.6 is 0 Å². The first-order chi connectivity index (χ1) is 6.13. The highest BCUT2D eigenvalue weighted by molar-refractivity contribution is 5.80. The van der Waals surface area contributed by atoms with E-state index in [1.54, 1.807) is 6.07 Å². The van der Waals surface area contributed by atoms with Gasteiger partial charge < -0.3 is 0 Å². The first-order valence-electron chi connectivity index (χ1n) is 4.40. The van der Waals surface area contributed by atoms with Crippen LogP contribution in [0.25, 0.3) is 0 Å². The molecule has 0 N–H and O–H groups in total. The standard InChI is InChI=1S/C11H13FO/c1-3-11(13)7-9-6-10(12)5-4-8(9)2/h4-6H,3,7H2,1-2H3. The molecule has 0 saturated carbocycles. The van der Waals surface area contributed by atoms with E-state index in [1.807, 2.05) is 13.8 Å². The normalized spacial score (nSPS) is 10.1. The summed E-state index contributed by atoms with van der Waals surface area (Å²) in [5, 5.41) is 0. The van der Waals surface area contributed by atoms with E-state index in [2.05, 4.69) is 0 Å². The molecule has 1 nitrogen and oxygen atoms in total. The van der Waals surface area contributed by atoms with Crippen molar-refractivity contribution in [3.63, 3.8) is 0 Å². The summed E-state index contributed by atoms with van der Waals surface area (Å²) >= 11 is 0. The van der Waals surface area contributed by atoms with Gasteiger partial charge in [0.15, 0.2) is 0 Å². The van der Waals surface area contributed by atoms with Gasteiger partial charge in [-0.25, -0.2) is 4.39 Å². The van der Waals surface area contributed by atoms with Crippen molar-refractivity contribution in [1.82, 2.24) is 0 Å². The van der Waals surface area contributed by atoms with Crippen molar-refractivity contribution < 1.29 is 9.18 Å². The average molecular weight is 180 g/mol. The highest BCUT2D eigenvalue weighted by Crippen LogP contribution is 2.11. The quantitative estimate of drug-likeness (QED) is 0.698. The first kappa shape index (κ1) is 9.90. The van der Waals surface area contributed by atoms with E-state index in [-0.39, 0.29) is 11.6 Å². The largest absolute Gasteiger partial charge is 0.299 e. The van der Waals surface area contributed by atoms with Crippen molar-refractivity contribution in [3.05, 3.63) is 35.1 Å². The molecule has 1 aromatic carbocycles. The molecule has 0 amide bonds. The van der Waals surface area contributed by atoms with Crippen molar-refractivity contribution in [2.75, 3.05) is 0 Å². The Morgan fingerprint density at radius 3 is 2.77 bits per heavy atom. The minimum atomic E-state index is -0.274. The number of ketones is 1. The van der Waals surface area contributed by atoms with Crippen LogP contribution in [0.2, 0.25) is 0 Å². The van der Waals surface area contributed by atoms with Gasteiger partial charge in [-0.2, -0.15) is 0 Å². The van der Waals surface area contributed by atoms with Gasteiger partial charge in [-0.05, 0) is 30.2 Å². The van der Waals surface area contributed by atoms with Crippen molar-refractivity contribution >= 4 is 5.78 Å². The zero-order valence-corrected chi connectivity index (χ0v) is 7.93. The first-order valence-corrected chi connectivity index (χ1v) is 4.40. The van der Waals surface area contributed by atoms with Gasteiger partial charge in [0.1, 0.15) is 11.6 Å². The Labute approximate surface area is 77.6 Å². The predicted octanol–water partition coefficient (Wildman–Crippen LogP) is 2.66. The third kappa shape index (κ3) is 2.65. The minimum Gasteiger partial charge on any atom is -0.299 e. The fourth-order valence-corrected chi connectivity index (χ4v) is 1.17. The van der Waals surface area contributed by atoms with Crippen LogP contribution in [-0.4, -0.2) is 5.78 Å². The van der Waals surface area contributed by atoms with E-state index in [4.69, 9.17) is 0 Å². The molecule has 0 heterocycles. The number of carbonyl (C=O) groups is 1. The second kappa shape index (κ2) is 4.17. The Morgan fingerprint density at radius 1 is 1.46 bits per heavy atom. The maximum absolute atomic E-state index is 12.8. The molecule has 0 aromatic heterocycles. The van der Waals surface area contributed by atoms with Crippen molar-refractivity contribution in [1.29, 1.82) is 0 Å². The third-order valence-corrected chi connectivity index (χ3v) is 2.09. The van der Waals surface area contributed by atoms with Crippen LogP contribution in [0.15, 0.2) is 18.2 Å². The Hall–Kier alpha value is -1.18. The number of aryl methyl sites for hydroxylation is 1. The molecule has 0 atom stereocenters. The summed E-state index contributed by atoms with van der Waals surface area (Å²) in [4.78, 5) is 11.1. The highest BCUT2D eigenvalue weighted by Gasteiger charge is 2.04. The van der Waals surface area contributed by atoms with Gasteiger partial charge in [0.05, 0.1) is 0 Å². The molecule has 0 unspecified atom stereocenters. The maximum Gasteiger partial charge on any atom is 0.137 e. The number of benzene rings is 1. The minimum absolute atomic E-state index is 0.147. The Kier molecular flexibility index (Phi) is 3.18. The number of Topliss-reactive ketones (excluding diaryl/α,β-unsaturated/α-hetero) is 1. The zero-order valence-electron chi connectivity index (χ0n) is 7.93. The van der Waals surface area contributed by atoms with Crippen LogP contribution in [0.3, 0.4) is 0 Å². The molecule has 1 rings (SSSR count). The average Bonchev–Trinajstić information content (AvgIpc) is 2.11. The van der Waals surface area contributed by atoms with Gasteiger partial charge in [0, 0.05) is 12.8 Å². The van der Waals surface area contributed by atoms with Crippen LogP contribution in [0.5, 0.6) is 0 Å². The van der Waals surface area contributed by atoms with E-state index in [0.717, 1.165) is 11.1 Å². The van der Waals surface area contributed by atoms with Gasteiger partial charge in [0.2, 0.25) is 0 Å². The van der Waals surface area contributed by atoms with E-state index >= 15 is 0 Å². The van der Waals surface area contributed by atoms with E-state index < -0.39 is 0 Å². The molecule has 0 radical (unpaired) electrons. The molecule has 13 heavy (non-hydrogen) atoms. The molecule has 1 aromatic rings. The number of carbonyl (C=O) groups excluding carboxylic acids is 1. The van der Waals surface area contributed by atoms with Crippen LogP contribution in [0.1, 0.15) is 24.5 Å². The maximum atomic E-state index is 12.8. The molecule has 2 heteroatoms. The molecule has 0 spiro atoms. The summed E-state index contributed by atoms with van der Waals surface area (Å²) in [6.07, 6.45) is 0.857. The van der Waals surface area contributed by atoms with E-state index in [1.165, 1.54) is 12.1 Å². The molecule has 0 aliphatic carbocycles. The lowest BCUT2D eigenvalue weighted by molar-refractivity contribution is -0.118. The molecule has 0 aliphatic heterocycles. The van der Waals surface area contributed by atoms with Gasteiger partial charge in [-0.15, -0.1) is 0 Å². The fourth-order valence-electron chi connectivity index (χ4n) is 1.17. The number of rotatable bonds is 3. The fraction of sp³-hybridized carbons (Fsp3) is 0.364. The third-order valence-electron chi connectivity index (χ3n) is 2.09. The van der Waals surface area contributed by atoms with Crippen molar-refractivity contribution in [2.24, 2.45) is 0 Å². The molecule has 0 saturated heterocycles. The number of halogens is 1. The van der Waals surface area contributed by atoms with Gasteiger partial charge in [0.25, 0.3) is 0 Å². The summed E-state index contributed by atoms with van der Waals surface area (Å²) in [5.41, 5.74) is 1.77. The summed E-state index contributed by atoms with van der Waals surface area (Å²) in [6.45, 7) is 3.70. The predicted molar refractivity (Wildman–Crippen MR) is 50.1 cm³/mol. The number of hydrogen-bond acceptors (Lipinski definition) is 1. The van der Waals surface area contributed by atoms with Crippen LogP contribution in [0.4, 0.5) is 4.39 Å². The second-order valence-corrected chi connectivity index (χ2v) is 3.14. The summed E-state index contributed by atoms with van der Waals surface area (Å²) in [5.74, 6) is -0.127. The van der Waals surface area contributed by atoms with Crippen LogP contribution in [0, 0.1) is 12.7 Å². The molecule has 0 aliphatic rings. The van der Waals surface area contributed by atoms with E-state index in [0.29, 0.717) is 12.8 Å². The monoisotopic (exact) mass is 180 g/mol.